The molecule has 0 unspecified atom stereocenters. The van der Waals surface area contributed by atoms with Crippen LogP contribution in [0.5, 0.6) is 23.0 Å². The van der Waals surface area contributed by atoms with Gasteiger partial charge in [-0.25, -0.2) is 0 Å². The largest absolute Gasteiger partial charge is 0.491 e. The first-order valence-electron chi connectivity index (χ1n) is 13.7. The fourth-order valence-electron chi connectivity index (χ4n) is 3.86. The van der Waals surface area contributed by atoms with E-state index in [1.54, 1.807) is 36.4 Å². The third-order valence-electron chi connectivity index (χ3n) is 6.09. The minimum absolute atomic E-state index is 0.362. The summed E-state index contributed by atoms with van der Waals surface area (Å²) < 4.78 is 34.1. The van der Waals surface area contributed by atoms with Crippen LogP contribution in [-0.2, 0) is 22.7 Å². The van der Waals surface area contributed by atoms with Crippen molar-refractivity contribution in [3.05, 3.63) is 119 Å². The Kier molecular flexibility index (Phi) is 12.4. The third-order valence-corrected chi connectivity index (χ3v) is 6.09. The normalized spacial score (nSPS) is 10.6. The number of hydrogen-bond acceptors (Lipinski definition) is 8. The van der Waals surface area contributed by atoms with Crippen LogP contribution in [0.25, 0.3) is 0 Å². The maximum absolute atomic E-state index is 11.1. The van der Waals surface area contributed by atoms with Gasteiger partial charge < -0.3 is 28.4 Å². The molecule has 0 atom stereocenters. The minimum atomic E-state index is 0.362. The van der Waals surface area contributed by atoms with Gasteiger partial charge in [-0.15, -0.1) is 0 Å². The van der Waals surface area contributed by atoms with Gasteiger partial charge in [0.15, 0.2) is 12.6 Å². The number of rotatable bonds is 19. The van der Waals surface area contributed by atoms with E-state index in [9.17, 15) is 9.59 Å². The average Bonchev–Trinajstić information content (AvgIpc) is 3.05. The van der Waals surface area contributed by atoms with Crippen LogP contribution in [0.3, 0.4) is 0 Å². The molecule has 0 amide bonds. The molecule has 4 aromatic rings. The van der Waals surface area contributed by atoms with Gasteiger partial charge in [-0.3, -0.25) is 9.59 Å². The predicted molar refractivity (Wildman–Crippen MR) is 158 cm³/mol. The molecule has 0 saturated carbocycles. The second-order valence-corrected chi connectivity index (χ2v) is 9.10. The molecule has 4 rings (SSSR count). The number of hydrogen-bond donors (Lipinski definition) is 0. The van der Waals surface area contributed by atoms with Gasteiger partial charge in [-0.2, -0.15) is 0 Å². The number of ether oxygens (including phenoxy) is 6. The Hall–Kier alpha value is -4.66. The van der Waals surface area contributed by atoms with Crippen LogP contribution < -0.4 is 18.9 Å². The van der Waals surface area contributed by atoms with E-state index in [0.29, 0.717) is 75.5 Å². The highest BCUT2D eigenvalue weighted by Gasteiger charge is 2.04. The number of para-hydroxylation sites is 2. The van der Waals surface area contributed by atoms with Gasteiger partial charge in [0.2, 0.25) is 0 Å². The van der Waals surface area contributed by atoms with Crippen LogP contribution in [0.2, 0.25) is 0 Å². The van der Waals surface area contributed by atoms with Gasteiger partial charge in [-0.1, -0.05) is 48.5 Å². The van der Waals surface area contributed by atoms with E-state index in [4.69, 9.17) is 28.4 Å². The first-order chi connectivity index (χ1) is 20.7. The second-order valence-electron chi connectivity index (χ2n) is 9.10. The number of benzene rings is 4. The van der Waals surface area contributed by atoms with Crippen molar-refractivity contribution in [3.8, 4) is 23.0 Å². The van der Waals surface area contributed by atoms with Crippen molar-refractivity contribution in [2.45, 2.75) is 13.2 Å². The zero-order valence-electron chi connectivity index (χ0n) is 23.3. The Balaban J connectivity index is 1.00. The molecule has 0 radical (unpaired) electrons. The lowest BCUT2D eigenvalue weighted by atomic mass is 10.2. The number of carbonyl (C=O) groups is 2. The summed E-state index contributed by atoms with van der Waals surface area (Å²) in [4.78, 5) is 22.2. The predicted octanol–water partition coefficient (Wildman–Crippen LogP) is 5.96. The van der Waals surface area contributed by atoms with E-state index in [1.807, 2.05) is 60.7 Å². The van der Waals surface area contributed by atoms with Gasteiger partial charge in [0.1, 0.15) is 49.4 Å². The molecule has 42 heavy (non-hydrogen) atoms. The standard InChI is InChI=1S/C34H34O8/c35-23-29-5-1-3-7-33(29)41-25-27-9-13-31(14-10-27)39-21-19-37-17-18-38-20-22-40-32-15-11-28(12-16-32)26-42-34-8-4-2-6-30(34)24-36/h1-16,23-24H,17-22,25-26H2. The van der Waals surface area contributed by atoms with E-state index < -0.39 is 0 Å². The highest BCUT2D eigenvalue weighted by Crippen LogP contribution is 2.20. The summed E-state index contributed by atoms with van der Waals surface area (Å²) >= 11 is 0. The van der Waals surface area contributed by atoms with Crippen molar-refractivity contribution in [2.24, 2.45) is 0 Å². The lowest BCUT2D eigenvalue weighted by Crippen LogP contribution is -2.13. The lowest BCUT2D eigenvalue weighted by molar-refractivity contribution is 0.0273. The Morgan fingerprint density at radius 3 is 1.21 bits per heavy atom. The maximum atomic E-state index is 11.1. The second kappa shape index (κ2) is 17.2. The Morgan fingerprint density at radius 1 is 0.429 bits per heavy atom. The van der Waals surface area contributed by atoms with Crippen LogP contribution in [0.15, 0.2) is 97.1 Å². The SMILES string of the molecule is O=Cc1ccccc1OCc1ccc(OCCOCCOCCOc2ccc(COc3ccccc3C=O)cc2)cc1. The summed E-state index contributed by atoms with van der Waals surface area (Å²) in [5.74, 6) is 2.62. The zero-order chi connectivity index (χ0) is 29.2. The number of carbonyl (C=O) groups excluding carboxylic acids is 2. The molecule has 8 nitrogen and oxygen atoms in total. The van der Waals surface area contributed by atoms with E-state index in [-0.39, 0.29) is 0 Å². The molecule has 0 aliphatic carbocycles. The smallest absolute Gasteiger partial charge is 0.153 e. The van der Waals surface area contributed by atoms with E-state index in [1.165, 1.54) is 0 Å². The molecule has 0 spiro atoms. The summed E-state index contributed by atoms with van der Waals surface area (Å²) in [5, 5.41) is 0. The van der Waals surface area contributed by atoms with Gasteiger partial charge in [-0.05, 0) is 59.7 Å². The van der Waals surface area contributed by atoms with Crippen LogP contribution in [-0.4, -0.2) is 52.2 Å². The topological polar surface area (TPSA) is 89.5 Å². The first-order valence-corrected chi connectivity index (χ1v) is 13.7. The Bertz CT molecular complexity index is 1260. The van der Waals surface area contributed by atoms with E-state index in [0.717, 1.165) is 35.2 Å². The van der Waals surface area contributed by atoms with Gasteiger partial charge >= 0.3 is 0 Å². The molecule has 0 saturated heterocycles. The fourth-order valence-corrected chi connectivity index (χ4v) is 3.86. The molecule has 0 fully saturated rings. The van der Waals surface area contributed by atoms with E-state index in [2.05, 4.69) is 0 Å². The monoisotopic (exact) mass is 570 g/mol. The van der Waals surface area contributed by atoms with Crippen LogP contribution in [0.4, 0.5) is 0 Å². The molecule has 218 valence electrons. The first kappa shape index (κ1) is 30.3. The van der Waals surface area contributed by atoms with Gasteiger partial charge in [0.05, 0.1) is 37.6 Å². The van der Waals surface area contributed by atoms with Crippen molar-refractivity contribution in [1.82, 2.24) is 0 Å². The molecule has 0 aliphatic heterocycles. The molecule has 0 N–H and O–H groups in total. The number of aldehydes is 2. The van der Waals surface area contributed by atoms with Crippen molar-refractivity contribution >= 4 is 12.6 Å². The Morgan fingerprint density at radius 2 is 0.810 bits per heavy atom. The summed E-state index contributed by atoms with van der Waals surface area (Å²) in [6.45, 7) is 3.40. The molecular weight excluding hydrogens is 536 g/mol. The molecule has 0 bridgehead atoms. The minimum Gasteiger partial charge on any atom is -0.491 e. The van der Waals surface area contributed by atoms with Crippen molar-refractivity contribution < 1.29 is 38.0 Å². The summed E-state index contributed by atoms with van der Waals surface area (Å²) in [5.41, 5.74) is 3.00. The molecule has 0 aliphatic rings. The highest BCUT2D eigenvalue weighted by molar-refractivity contribution is 5.79. The summed E-state index contributed by atoms with van der Waals surface area (Å²) in [6, 6.07) is 29.5. The summed E-state index contributed by atoms with van der Waals surface area (Å²) in [6.07, 6.45) is 1.57. The maximum Gasteiger partial charge on any atom is 0.153 e. The van der Waals surface area contributed by atoms with E-state index >= 15 is 0 Å². The van der Waals surface area contributed by atoms with Crippen molar-refractivity contribution in [3.63, 3.8) is 0 Å². The third kappa shape index (κ3) is 10.1. The quantitative estimate of drug-likeness (QED) is 0.101. The lowest BCUT2D eigenvalue weighted by Gasteiger charge is -2.11. The van der Waals surface area contributed by atoms with Crippen molar-refractivity contribution in [2.75, 3.05) is 39.6 Å². The zero-order valence-corrected chi connectivity index (χ0v) is 23.3. The van der Waals surface area contributed by atoms with Crippen LogP contribution in [0, 0.1) is 0 Å². The Labute approximate surface area is 245 Å². The van der Waals surface area contributed by atoms with Gasteiger partial charge in [0, 0.05) is 0 Å². The van der Waals surface area contributed by atoms with Crippen LogP contribution in [0.1, 0.15) is 31.8 Å². The molecule has 0 heterocycles. The summed E-state index contributed by atoms with van der Waals surface area (Å²) in [7, 11) is 0. The molecular formula is C34H34O8. The van der Waals surface area contributed by atoms with Gasteiger partial charge in [0.25, 0.3) is 0 Å². The molecule has 0 aromatic heterocycles. The highest BCUT2D eigenvalue weighted by atomic mass is 16.6. The van der Waals surface area contributed by atoms with Crippen molar-refractivity contribution in [1.29, 1.82) is 0 Å². The van der Waals surface area contributed by atoms with Crippen LogP contribution >= 0.6 is 0 Å². The molecule has 4 aromatic carbocycles. The average molecular weight is 571 g/mol. The molecule has 8 heteroatoms. The fraction of sp³-hybridized carbons (Fsp3) is 0.235.